The summed E-state index contributed by atoms with van der Waals surface area (Å²) >= 11 is 0. The Morgan fingerprint density at radius 3 is 2.00 bits per heavy atom. The first kappa shape index (κ1) is 31.8. The van der Waals surface area contributed by atoms with Gasteiger partial charge in [-0.1, -0.05) is 103 Å². The van der Waals surface area contributed by atoms with E-state index < -0.39 is 5.60 Å². The molecular formula is C33H51NO2. The van der Waals surface area contributed by atoms with Crippen molar-refractivity contribution in [1.29, 1.82) is 0 Å². The predicted molar refractivity (Wildman–Crippen MR) is 156 cm³/mol. The van der Waals surface area contributed by atoms with Gasteiger partial charge in [0, 0.05) is 18.6 Å². The highest BCUT2D eigenvalue weighted by molar-refractivity contribution is 5.84. The first-order chi connectivity index (χ1) is 16.8. The highest BCUT2D eigenvalue weighted by Crippen LogP contribution is 2.28. The number of Topliss-reactive ketones (excluding diaryl/α,β-unsaturated/α-hetero) is 1. The van der Waals surface area contributed by atoms with Crippen LogP contribution in [-0.2, 0) is 15.8 Å². The van der Waals surface area contributed by atoms with Gasteiger partial charge in [-0.25, -0.2) is 0 Å². The van der Waals surface area contributed by atoms with Crippen LogP contribution < -0.4 is 0 Å². The van der Waals surface area contributed by atoms with E-state index >= 15 is 0 Å². The zero-order valence-electron chi connectivity index (χ0n) is 24.4. The predicted octanol–water partition coefficient (Wildman–Crippen LogP) is 9.25. The van der Waals surface area contributed by atoms with E-state index in [1.165, 1.54) is 24.8 Å². The Kier molecular flexibility index (Phi) is 13.3. The number of benzene rings is 2. The van der Waals surface area contributed by atoms with Gasteiger partial charge in [-0.05, 0) is 68.2 Å². The molecule has 1 fully saturated rings. The molecule has 0 bridgehead atoms. The van der Waals surface area contributed by atoms with Gasteiger partial charge in [0.1, 0.15) is 5.78 Å². The SMILES string of the molecule is CC1CCC1.CCC(=O)CC(C)(C)c1ccccc1.CCCC(C)=Nc1ccc(C(C)(C)O)cc1C. The van der Waals surface area contributed by atoms with Crippen LogP contribution in [0.2, 0.25) is 0 Å². The Bertz CT molecular complexity index is 947. The quantitative estimate of drug-likeness (QED) is 0.372. The van der Waals surface area contributed by atoms with Gasteiger partial charge in [-0.15, -0.1) is 0 Å². The van der Waals surface area contributed by atoms with E-state index in [1.807, 2.05) is 50.2 Å². The van der Waals surface area contributed by atoms with Crippen LogP contribution in [0.15, 0.2) is 53.5 Å². The Balaban J connectivity index is 0.000000305. The fourth-order valence-corrected chi connectivity index (χ4v) is 4.01. The molecule has 3 rings (SSSR count). The van der Waals surface area contributed by atoms with Gasteiger partial charge < -0.3 is 5.11 Å². The van der Waals surface area contributed by atoms with Crippen LogP contribution in [0.1, 0.15) is 117 Å². The van der Waals surface area contributed by atoms with Crippen LogP contribution in [0.5, 0.6) is 0 Å². The Hall–Kier alpha value is -2.26. The number of carbonyl (C=O) groups excluding carboxylic acids is 1. The summed E-state index contributed by atoms with van der Waals surface area (Å²) in [6.45, 7) is 18.3. The zero-order chi connectivity index (χ0) is 27.4. The molecule has 1 aliphatic carbocycles. The molecule has 1 saturated carbocycles. The second kappa shape index (κ2) is 15.1. The van der Waals surface area contributed by atoms with E-state index in [4.69, 9.17) is 0 Å². The Morgan fingerprint density at radius 2 is 1.58 bits per heavy atom. The minimum atomic E-state index is -0.786. The maximum Gasteiger partial charge on any atom is 0.133 e. The molecule has 2 aromatic carbocycles. The summed E-state index contributed by atoms with van der Waals surface area (Å²) in [6.07, 6.45) is 7.88. The van der Waals surface area contributed by atoms with Crippen LogP contribution in [0.4, 0.5) is 5.69 Å². The van der Waals surface area contributed by atoms with Crippen molar-refractivity contribution in [2.75, 3.05) is 0 Å². The molecule has 1 aliphatic rings. The molecule has 0 unspecified atom stereocenters. The van der Waals surface area contributed by atoms with E-state index in [0.717, 1.165) is 41.3 Å². The highest BCUT2D eigenvalue weighted by Gasteiger charge is 2.22. The van der Waals surface area contributed by atoms with Gasteiger partial charge in [0.2, 0.25) is 0 Å². The second-order valence-electron chi connectivity index (χ2n) is 11.5. The van der Waals surface area contributed by atoms with Crippen molar-refractivity contribution in [2.45, 2.75) is 118 Å². The van der Waals surface area contributed by atoms with Crippen molar-refractivity contribution in [2.24, 2.45) is 10.9 Å². The largest absolute Gasteiger partial charge is 0.386 e. The Morgan fingerprint density at radius 1 is 1.00 bits per heavy atom. The van der Waals surface area contributed by atoms with Crippen LogP contribution >= 0.6 is 0 Å². The van der Waals surface area contributed by atoms with E-state index in [-0.39, 0.29) is 5.41 Å². The zero-order valence-corrected chi connectivity index (χ0v) is 24.4. The van der Waals surface area contributed by atoms with E-state index in [2.05, 4.69) is 51.7 Å². The average molecular weight is 494 g/mol. The number of nitrogens with zero attached hydrogens (tertiary/aromatic N) is 1. The first-order valence-electron chi connectivity index (χ1n) is 13.7. The van der Waals surface area contributed by atoms with Gasteiger partial charge in [0.05, 0.1) is 11.3 Å². The minimum Gasteiger partial charge on any atom is -0.386 e. The van der Waals surface area contributed by atoms with Gasteiger partial charge in [-0.2, -0.15) is 0 Å². The van der Waals surface area contributed by atoms with Crippen molar-refractivity contribution in [1.82, 2.24) is 0 Å². The molecule has 0 saturated heterocycles. The number of aliphatic imine (C=N–C) groups is 1. The molecule has 3 heteroatoms. The van der Waals surface area contributed by atoms with Crippen LogP contribution in [0.25, 0.3) is 0 Å². The summed E-state index contributed by atoms with van der Waals surface area (Å²) in [5.41, 5.74) is 4.62. The molecule has 0 heterocycles. The van der Waals surface area contributed by atoms with E-state index in [9.17, 15) is 9.90 Å². The topological polar surface area (TPSA) is 49.7 Å². The average Bonchev–Trinajstić information content (AvgIpc) is 2.79. The standard InChI is InChI=1S/C15H23NO.C13H18O.C5H10/c1-6-7-12(3)16-14-9-8-13(10-11(14)2)15(4,5)17;1-4-12(14)10-13(2,3)11-8-6-5-7-9-11;1-5-3-2-4-5/h8-10,17H,6-7H2,1-5H3;5-9H,4,10H2,1-3H3;5H,2-4H2,1H3. The van der Waals surface area contributed by atoms with E-state index in [1.54, 1.807) is 13.8 Å². The molecule has 0 aliphatic heterocycles. The number of hydrogen-bond acceptors (Lipinski definition) is 3. The van der Waals surface area contributed by atoms with Crippen molar-refractivity contribution in [3.8, 4) is 0 Å². The molecular weight excluding hydrogens is 442 g/mol. The third-order valence-corrected chi connectivity index (χ3v) is 6.81. The van der Waals surface area contributed by atoms with Crippen molar-refractivity contribution in [3.05, 3.63) is 65.2 Å². The maximum atomic E-state index is 11.4. The second-order valence-corrected chi connectivity index (χ2v) is 11.5. The summed E-state index contributed by atoms with van der Waals surface area (Å²) < 4.78 is 0. The highest BCUT2D eigenvalue weighted by atomic mass is 16.3. The van der Waals surface area contributed by atoms with Gasteiger partial charge in [-0.3, -0.25) is 9.79 Å². The molecule has 0 aromatic heterocycles. The fraction of sp³-hybridized carbons (Fsp3) is 0.576. The minimum absolute atomic E-state index is 0.0334. The molecule has 200 valence electrons. The summed E-state index contributed by atoms with van der Waals surface area (Å²) in [5.74, 6) is 1.40. The lowest BCUT2D eigenvalue weighted by atomic mass is 9.80. The number of aryl methyl sites for hydroxylation is 1. The molecule has 0 amide bonds. The van der Waals surface area contributed by atoms with Crippen molar-refractivity contribution < 1.29 is 9.90 Å². The van der Waals surface area contributed by atoms with Gasteiger partial charge in [0.15, 0.2) is 0 Å². The molecule has 0 radical (unpaired) electrons. The maximum absolute atomic E-state index is 11.4. The summed E-state index contributed by atoms with van der Waals surface area (Å²) in [4.78, 5) is 16.0. The third kappa shape index (κ3) is 11.6. The van der Waals surface area contributed by atoms with E-state index in [0.29, 0.717) is 18.6 Å². The van der Waals surface area contributed by atoms with Crippen LogP contribution in [-0.4, -0.2) is 16.6 Å². The first-order valence-corrected chi connectivity index (χ1v) is 13.7. The lowest BCUT2D eigenvalue weighted by molar-refractivity contribution is -0.119. The van der Waals surface area contributed by atoms with Gasteiger partial charge >= 0.3 is 0 Å². The molecule has 36 heavy (non-hydrogen) atoms. The van der Waals surface area contributed by atoms with Crippen LogP contribution in [0, 0.1) is 12.8 Å². The number of rotatable bonds is 8. The third-order valence-electron chi connectivity index (χ3n) is 6.81. The lowest BCUT2D eigenvalue weighted by Crippen LogP contribution is -2.21. The molecule has 0 atom stereocenters. The number of hydrogen-bond donors (Lipinski definition) is 1. The smallest absolute Gasteiger partial charge is 0.133 e. The van der Waals surface area contributed by atoms with Crippen molar-refractivity contribution >= 4 is 17.2 Å². The normalized spacial score (nSPS) is 14.1. The Labute approximate surface area is 221 Å². The number of ketones is 1. The lowest BCUT2D eigenvalue weighted by Gasteiger charge is -2.24. The fourth-order valence-electron chi connectivity index (χ4n) is 4.01. The molecule has 3 nitrogen and oxygen atoms in total. The molecule has 1 N–H and O–H groups in total. The van der Waals surface area contributed by atoms with Crippen molar-refractivity contribution in [3.63, 3.8) is 0 Å². The molecule has 0 spiro atoms. The summed E-state index contributed by atoms with van der Waals surface area (Å²) in [7, 11) is 0. The summed E-state index contributed by atoms with van der Waals surface area (Å²) in [5, 5.41) is 9.93. The summed E-state index contributed by atoms with van der Waals surface area (Å²) in [6, 6.07) is 16.2. The van der Waals surface area contributed by atoms with Crippen LogP contribution in [0.3, 0.4) is 0 Å². The number of carbonyl (C=O) groups is 1. The van der Waals surface area contributed by atoms with Gasteiger partial charge in [0.25, 0.3) is 0 Å². The number of aliphatic hydroxyl groups is 1. The molecule has 2 aromatic rings. The monoisotopic (exact) mass is 493 g/mol.